The van der Waals surface area contributed by atoms with Gasteiger partial charge in [-0.1, -0.05) is 49.8 Å². The zero-order valence-corrected chi connectivity index (χ0v) is 17.4. The molecule has 0 N–H and O–H groups in total. The monoisotopic (exact) mass is 361 g/mol. The van der Waals surface area contributed by atoms with E-state index < -0.39 is 0 Å². The van der Waals surface area contributed by atoms with Gasteiger partial charge in [0.2, 0.25) is 0 Å². The minimum atomic E-state index is 0.589. The Morgan fingerprint density at radius 1 is 1.00 bits per heavy atom. The SMILES string of the molecule is CN(C)[C@H]1C[C@]2(C)CCC[C@H]2[C@@H]2CCC3=CC(c4ccccc4)CCC3=C21. The molecule has 5 atom stereocenters. The molecule has 0 amide bonds. The van der Waals surface area contributed by atoms with Crippen LogP contribution < -0.4 is 0 Å². The van der Waals surface area contributed by atoms with Crippen molar-refractivity contribution < 1.29 is 0 Å². The summed E-state index contributed by atoms with van der Waals surface area (Å²) in [6.07, 6.45) is 13.7. The number of fused-ring (bicyclic) bond motifs is 4. The smallest absolute Gasteiger partial charge is 0.0315 e. The Kier molecular flexibility index (Phi) is 4.35. The second kappa shape index (κ2) is 6.62. The van der Waals surface area contributed by atoms with Crippen molar-refractivity contribution in [3.05, 3.63) is 58.7 Å². The summed E-state index contributed by atoms with van der Waals surface area (Å²) in [5.74, 6) is 2.43. The van der Waals surface area contributed by atoms with Gasteiger partial charge in [0.05, 0.1) is 0 Å². The Bertz CT molecular complexity index is 771. The fourth-order valence-electron chi connectivity index (χ4n) is 7.18. The first-order valence-electron chi connectivity index (χ1n) is 11.2. The van der Waals surface area contributed by atoms with Gasteiger partial charge in [-0.3, -0.25) is 0 Å². The molecule has 0 radical (unpaired) electrons. The first kappa shape index (κ1) is 17.7. The first-order chi connectivity index (χ1) is 13.1. The second-order valence-corrected chi connectivity index (χ2v) is 10.2. The standard InChI is InChI=1S/C26H35N/c1-26-15-7-10-23(26)22-14-12-20-16-19(18-8-5-4-6-9-18)11-13-21(20)25(22)24(17-26)27(2)3/h4-6,8-9,16,19,22-24H,7,10-15,17H2,1-3H3/t19?,22-,23-,24-,26-/m0/s1. The van der Waals surface area contributed by atoms with Crippen molar-refractivity contribution in [1.82, 2.24) is 4.90 Å². The maximum atomic E-state index is 2.65. The maximum absolute atomic E-state index is 2.65. The van der Waals surface area contributed by atoms with Crippen molar-refractivity contribution in [3.8, 4) is 0 Å². The Labute approximate surface area is 165 Å². The number of likely N-dealkylation sites (N-methyl/N-ethyl adjacent to an activating group) is 1. The van der Waals surface area contributed by atoms with Crippen molar-refractivity contribution >= 4 is 0 Å². The molecule has 1 heteroatoms. The van der Waals surface area contributed by atoms with E-state index in [1.54, 1.807) is 11.1 Å². The largest absolute Gasteiger partial charge is 0.303 e. The summed E-state index contributed by atoms with van der Waals surface area (Å²) >= 11 is 0. The van der Waals surface area contributed by atoms with Crippen molar-refractivity contribution in [1.29, 1.82) is 0 Å². The summed E-state index contributed by atoms with van der Waals surface area (Å²) < 4.78 is 0. The lowest BCUT2D eigenvalue weighted by Crippen LogP contribution is -2.48. The molecule has 5 rings (SSSR count). The molecule has 1 unspecified atom stereocenters. The molecule has 27 heavy (non-hydrogen) atoms. The van der Waals surface area contributed by atoms with Gasteiger partial charge < -0.3 is 4.90 Å². The van der Waals surface area contributed by atoms with Gasteiger partial charge >= 0.3 is 0 Å². The predicted octanol–water partition coefficient (Wildman–Crippen LogP) is 6.34. The minimum Gasteiger partial charge on any atom is -0.303 e. The average Bonchev–Trinajstić information content (AvgIpc) is 3.08. The average molecular weight is 362 g/mol. The third-order valence-electron chi connectivity index (χ3n) is 8.48. The van der Waals surface area contributed by atoms with E-state index in [1.807, 2.05) is 5.57 Å². The fourth-order valence-corrected chi connectivity index (χ4v) is 7.18. The minimum absolute atomic E-state index is 0.589. The van der Waals surface area contributed by atoms with Crippen molar-refractivity contribution in [2.75, 3.05) is 14.1 Å². The van der Waals surface area contributed by atoms with Crippen LogP contribution in [0.2, 0.25) is 0 Å². The predicted molar refractivity (Wildman–Crippen MR) is 114 cm³/mol. The molecule has 4 aliphatic rings. The van der Waals surface area contributed by atoms with Crippen LogP contribution in [0, 0.1) is 17.3 Å². The van der Waals surface area contributed by atoms with E-state index in [-0.39, 0.29) is 0 Å². The Hall–Kier alpha value is -1.34. The van der Waals surface area contributed by atoms with E-state index in [0.29, 0.717) is 17.4 Å². The number of allylic oxidation sites excluding steroid dienone is 3. The Morgan fingerprint density at radius 2 is 1.81 bits per heavy atom. The van der Waals surface area contributed by atoms with Gasteiger partial charge in [-0.2, -0.15) is 0 Å². The number of hydrogen-bond acceptors (Lipinski definition) is 1. The molecule has 1 aromatic carbocycles. The van der Waals surface area contributed by atoms with Gasteiger partial charge in [-0.05, 0) is 98.6 Å². The van der Waals surface area contributed by atoms with Gasteiger partial charge in [-0.25, -0.2) is 0 Å². The molecule has 144 valence electrons. The van der Waals surface area contributed by atoms with E-state index >= 15 is 0 Å². The molecule has 1 nitrogen and oxygen atoms in total. The van der Waals surface area contributed by atoms with Crippen molar-refractivity contribution in [2.24, 2.45) is 17.3 Å². The van der Waals surface area contributed by atoms with E-state index in [9.17, 15) is 0 Å². The van der Waals surface area contributed by atoms with E-state index in [4.69, 9.17) is 0 Å². The summed E-state index contributed by atoms with van der Waals surface area (Å²) in [4.78, 5) is 2.54. The number of nitrogens with zero attached hydrogens (tertiary/aromatic N) is 1. The third-order valence-corrected chi connectivity index (χ3v) is 8.48. The van der Waals surface area contributed by atoms with Crippen LogP contribution in [-0.4, -0.2) is 25.0 Å². The summed E-state index contributed by atoms with van der Waals surface area (Å²) in [5, 5.41) is 0. The lowest BCUT2D eigenvalue weighted by atomic mass is 9.56. The molecule has 0 spiro atoms. The zero-order valence-electron chi connectivity index (χ0n) is 17.4. The quantitative estimate of drug-likeness (QED) is 0.594. The summed E-state index contributed by atoms with van der Waals surface area (Å²) in [6, 6.07) is 11.8. The molecule has 0 saturated heterocycles. The van der Waals surface area contributed by atoms with Gasteiger partial charge in [0, 0.05) is 12.0 Å². The summed E-state index contributed by atoms with van der Waals surface area (Å²) in [5.41, 5.74) is 7.45. The molecule has 2 fully saturated rings. The number of rotatable bonds is 2. The second-order valence-electron chi connectivity index (χ2n) is 10.2. The molecular weight excluding hydrogens is 326 g/mol. The molecule has 2 saturated carbocycles. The van der Waals surface area contributed by atoms with E-state index in [1.165, 1.54) is 56.9 Å². The van der Waals surface area contributed by atoms with Crippen LogP contribution in [-0.2, 0) is 0 Å². The van der Waals surface area contributed by atoms with Gasteiger partial charge in [0.1, 0.15) is 0 Å². The van der Waals surface area contributed by atoms with Crippen LogP contribution in [0.15, 0.2) is 53.1 Å². The fraction of sp³-hybridized carbons (Fsp3) is 0.615. The van der Waals surface area contributed by atoms with Gasteiger partial charge in [-0.15, -0.1) is 0 Å². The Morgan fingerprint density at radius 3 is 2.59 bits per heavy atom. The lowest BCUT2D eigenvalue weighted by Gasteiger charge is -2.52. The third kappa shape index (κ3) is 2.85. The normalized spacial score (nSPS) is 38.3. The van der Waals surface area contributed by atoms with Crippen LogP contribution in [0.5, 0.6) is 0 Å². The lowest BCUT2D eigenvalue weighted by molar-refractivity contribution is 0.0680. The highest BCUT2D eigenvalue weighted by Gasteiger charge is 2.52. The van der Waals surface area contributed by atoms with Crippen molar-refractivity contribution in [2.45, 2.75) is 70.3 Å². The van der Waals surface area contributed by atoms with E-state index in [0.717, 1.165) is 11.8 Å². The van der Waals surface area contributed by atoms with Gasteiger partial charge in [0.25, 0.3) is 0 Å². The van der Waals surface area contributed by atoms with Crippen LogP contribution in [0.25, 0.3) is 0 Å². The molecule has 0 aromatic heterocycles. The highest BCUT2D eigenvalue weighted by molar-refractivity contribution is 5.47. The zero-order chi connectivity index (χ0) is 18.6. The molecular formula is C26H35N. The van der Waals surface area contributed by atoms with Crippen molar-refractivity contribution in [3.63, 3.8) is 0 Å². The molecule has 0 heterocycles. The molecule has 4 aliphatic carbocycles. The van der Waals surface area contributed by atoms with Gasteiger partial charge in [0.15, 0.2) is 0 Å². The topological polar surface area (TPSA) is 3.24 Å². The highest BCUT2D eigenvalue weighted by atomic mass is 15.1. The maximum Gasteiger partial charge on any atom is 0.0315 e. The molecule has 0 aliphatic heterocycles. The molecule has 0 bridgehead atoms. The van der Waals surface area contributed by atoms with Crippen LogP contribution in [0.3, 0.4) is 0 Å². The van der Waals surface area contributed by atoms with Crippen LogP contribution in [0.4, 0.5) is 0 Å². The molecule has 1 aromatic rings. The summed E-state index contributed by atoms with van der Waals surface area (Å²) in [6.45, 7) is 2.61. The van der Waals surface area contributed by atoms with Crippen LogP contribution >= 0.6 is 0 Å². The van der Waals surface area contributed by atoms with E-state index in [2.05, 4.69) is 62.3 Å². The first-order valence-corrected chi connectivity index (χ1v) is 11.2. The Balaban J connectivity index is 1.55. The van der Waals surface area contributed by atoms with Crippen LogP contribution in [0.1, 0.15) is 69.8 Å². The number of benzene rings is 1. The highest BCUT2D eigenvalue weighted by Crippen LogP contribution is 2.61. The number of hydrogen-bond donors (Lipinski definition) is 0. The summed E-state index contributed by atoms with van der Waals surface area (Å²) in [7, 11) is 4.64.